The van der Waals surface area contributed by atoms with Crippen LogP contribution in [0, 0.1) is 11.8 Å². The lowest BCUT2D eigenvalue weighted by Crippen LogP contribution is -1.74. The molecule has 0 aliphatic carbocycles. The van der Waals surface area contributed by atoms with Crippen molar-refractivity contribution in [3.05, 3.63) is 34.9 Å². The van der Waals surface area contributed by atoms with Crippen molar-refractivity contribution in [1.82, 2.24) is 0 Å². The minimum absolute atomic E-state index is 0.679. The van der Waals surface area contributed by atoms with Gasteiger partial charge in [-0.1, -0.05) is 51.5 Å². The van der Waals surface area contributed by atoms with E-state index < -0.39 is 0 Å². The maximum atomic E-state index is 5.84. The third-order valence-electron chi connectivity index (χ3n) is 1.16. The highest BCUT2D eigenvalue weighted by Crippen LogP contribution is 2.12. The fraction of sp³-hybridized carbons (Fsp3) is 0.111. The van der Waals surface area contributed by atoms with Gasteiger partial charge in [-0.05, 0) is 12.1 Å². The topological polar surface area (TPSA) is 0 Å². The lowest BCUT2D eigenvalue weighted by atomic mass is 10.2. The molecule has 0 heterocycles. The summed E-state index contributed by atoms with van der Waals surface area (Å²) < 4.78 is 0. The largest absolute Gasteiger partial charge is 0.0863 e. The van der Waals surface area contributed by atoms with Gasteiger partial charge < -0.3 is 0 Å². The van der Waals surface area contributed by atoms with Crippen LogP contribution >= 0.6 is 27.5 Å². The predicted octanol–water partition coefficient (Wildman–Crippen LogP) is 3.09. The number of hydrogen-bond acceptors (Lipinski definition) is 0. The molecule has 11 heavy (non-hydrogen) atoms. The highest BCUT2D eigenvalue weighted by molar-refractivity contribution is 9.09. The van der Waals surface area contributed by atoms with Gasteiger partial charge in [0.05, 0.1) is 10.4 Å². The molecule has 2 heteroatoms. The van der Waals surface area contributed by atoms with Crippen molar-refractivity contribution in [3.63, 3.8) is 0 Å². The Morgan fingerprint density at radius 1 is 1.36 bits per heavy atom. The molecule has 0 saturated heterocycles. The first kappa shape index (κ1) is 8.64. The Labute approximate surface area is 79.7 Å². The Balaban J connectivity index is 2.95. The second-order valence-electron chi connectivity index (χ2n) is 1.92. The number of halogens is 2. The molecule has 0 unspecified atom stereocenters. The summed E-state index contributed by atoms with van der Waals surface area (Å²) in [6.45, 7) is 0. The van der Waals surface area contributed by atoms with Crippen molar-refractivity contribution in [3.8, 4) is 11.8 Å². The molecule has 1 aromatic carbocycles. The van der Waals surface area contributed by atoms with E-state index in [1.54, 1.807) is 0 Å². The van der Waals surface area contributed by atoms with Crippen molar-refractivity contribution in [2.24, 2.45) is 0 Å². The number of hydrogen-bond donors (Lipinski definition) is 0. The molecular weight excluding hydrogens is 223 g/mol. The van der Waals surface area contributed by atoms with E-state index in [0.29, 0.717) is 10.4 Å². The summed E-state index contributed by atoms with van der Waals surface area (Å²) >= 11 is 9.06. The van der Waals surface area contributed by atoms with E-state index in [4.69, 9.17) is 11.6 Å². The van der Waals surface area contributed by atoms with Crippen LogP contribution in [0.15, 0.2) is 24.3 Å². The van der Waals surface area contributed by atoms with Crippen molar-refractivity contribution in [2.45, 2.75) is 0 Å². The van der Waals surface area contributed by atoms with E-state index in [2.05, 4.69) is 27.8 Å². The van der Waals surface area contributed by atoms with Gasteiger partial charge in [-0.15, -0.1) is 0 Å². The standard InChI is InChI=1S/C9H6BrCl/c10-7-3-5-8-4-1-2-6-9(8)11/h1-2,4,6H,7H2. The minimum atomic E-state index is 0.679. The van der Waals surface area contributed by atoms with Crippen LogP contribution in [0.1, 0.15) is 5.56 Å². The first-order valence-electron chi connectivity index (χ1n) is 3.14. The fourth-order valence-corrected chi connectivity index (χ4v) is 1.01. The molecule has 0 aliphatic heterocycles. The van der Waals surface area contributed by atoms with Gasteiger partial charge in [0.15, 0.2) is 0 Å². The van der Waals surface area contributed by atoms with Gasteiger partial charge in [-0.25, -0.2) is 0 Å². The van der Waals surface area contributed by atoms with Crippen LogP contribution in [0.25, 0.3) is 0 Å². The zero-order valence-electron chi connectivity index (χ0n) is 5.77. The molecule has 0 saturated carbocycles. The average Bonchev–Trinajstić information content (AvgIpc) is 2.03. The number of alkyl halides is 1. The normalized spacial score (nSPS) is 8.55. The third kappa shape index (κ3) is 2.57. The Kier molecular flexibility index (Phi) is 3.48. The Bertz CT molecular complexity index is 296. The number of rotatable bonds is 0. The quantitative estimate of drug-likeness (QED) is 0.474. The molecule has 0 atom stereocenters. The zero-order valence-corrected chi connectivity index (χ0v) is 8.11. The molecule has 1 rings (SSSR count). The highest BCUT2D eigenvalue weighted by Gasteiger charge is 1.91. The molecule has 0 spiro atoms. The molecule has 0 N–H and O–H groups in total. The smallest absolute Gasteiger partial charge is 0.0649 e. The molecule has 0 fully saturated rings. The summed E-state index contributed by atoms with van der Waals surface area (Å²) in [4.78, 5) is 0. The molecule has 56 valence electrons. The molecule has 0 aromatic heterocycles. The molecular formula is C9H6BrCl. The maximum absolute atomic E-state index is 5.84. The highest BCUT2D eigenvalue weighted by atomic mass is 79.9. The van der Waals surface area contributed by atoms with Gasteiger partial charge in [0.2, 0.25) is 0 Å². The molecule has 0 bridgehead atoms. The Hall–Kier alpha value is -0.450. The minimum Gasteiger partial charge on any atom is -0.0863 e. The predicted molar refractivity (Wildman–Crippen MR) is 52.1 cm³/mol. The van der Waals surface area contributed by atoms with Crippen LogP contribution in [-0.2, 0) is 0 Å². The van der Waals surface area contributed by atoms with Gasteiger partial charge >= 0.3 is 0 Å². The summed E-state index contributed by atoms with van der Waals surface area (Å²) in [7, 11) is 0. The molecule has 0 aliphatic rings. The Morgan fingerprint density at radius 2 is 2.09 bits per heavy atom. The summed E-state index contributed by atoms with van der Waals surface area (Å²) in [5, 5.41) is 1.39. The van der Waals surface area contributed by atoms with Crippen LogP contribution in [0.2, 0.25) is 5.02 Å². The van der Waals surface area contributed by atoms with Crippen molar-refractivity contribution < 1.29 is 0 Å². The van der Waals surface area contributed by atoms with Gasteiger partial charge in [0.25, 0.3) is 0 Å². The van der Waals surface area contributed by atoms with E-state index in [-0.39, 0.29) is 0 Å². The summed E-state index contributed by atoms with van der Waals surface area (Å²) in [6.07, 6.45) is 0. The van der Waals surface area contributed by atoms with Crippen molar-refractivity contribution >= 4 is 27.5 Å². The number of benzene rings is 1. The third-order valence-corrected chi connectivity index (χ3v) is 1.77. The van der Waals surface area contributed by atoms with Crippen LogP contribution in [0.3, 0.4) is 0 Å². The lowest BCUT2D eigenvalue weighted by molar-refractivity contribution is 1.64. The summed E-state index contributed by atoms with van der Waals surface area (Å²) in [6, 6.07) is 7.55. The lowest BCUT2D eigenvalue weighted by Gasteiger charge is -1.91. The molecule has 1 aromatic rings. The summed E-state index contributed by atoms with van der Waals surface area (Å²) in [5.74, 6) is 5.82. The molecule has 0 radical (unpaired) electrons. The SMILES string of the molecule is Clc1ccccc1C#CCBr. The first-order chi connectivity index (χ1) is 5.34. The van der Waals surface area contributed by atoms with E-state index in [9.17, 15) is 0 Å². The van der Waals surface area contributed by atoms with E-state index in [1.165, 1.54) is 0 Å². The monoisotopic (exact) mass is 228 g/mol. The molecule has 0 amide bonds. The Morgan fingerprint density at radius 3 is 2.73 bits per heavy atom. The van der Waals surface area contributed by atoms with Crippen LogP contribution in [0.4, 0.5) is 0 Å². The van der Waals surface area contributed by atoms with Crippen LogP contribution in [-0.4, -0.2) is 5.33 Å². The zero-order chi connectivity index (χ0) is 8.10. The first-order valence-corrected chi connectivity index (χ1v) is 4.64. The van der Waals surface area contributed by atoms with Gasteiger partial charge in [-0.3, -0.25) is 0 Å². The van der Waals surface area contributed by atoms with Crippen LogP contribution in [0.5, 0.6) is 0 Å². The van der Waals surface area contributed by atoms with Gasteiger partial charge in [0, 0.05) is 5.56 Å². The molecule has 0 nitrogen and oxygen atoms in total. The van der Waals surface area contributed by atoms with Gasteiger partial charge in [-0.2, -0.15) is 0 Å². The van der Waals surface area contributed by atoms with E-state index >= 15 is 0 Å². The van der Waals surface area contributed by atoms with Crippen LogP contribution < -0.4 is 0 Å². The maximum Gasteiger partial charge on any atom is 0.0649 e. The van der Waals surface area contributed by atoms with E-state index in [0.717, 1.165) is 5.56 Å². The average molecular weight is 230 g/mol. The van der Waals surface area contributed by atoms with E-state index in [1.807, 2.05) is 24.3 Å². The second-order valence-corrected chi connectivity index (χ2v) is 2.88. The second kappa shape index (κ2) is 4.43. The van der Waals surface area contributed by atoms with Crippen molar-refractivity contribution in [2.75, 3.05) is 5.33 Å². The summed E-state index contributed by atoms with van der Waals surface area (Å²) in [5.41, 5.74) is 0.883. The fourth-order valence-electron chi connectivity index (χ4n) is 0.691. The van der Waals surface area contributed by atoms with Crippen molar-refractivity contribution in [1.29, 1.82) is 0 Å². The van der Waals surface area contributed by atoms with Gasteiger partial charge in [0.1, 0.15) is 0 Å².